The number of rotatable bonds is 7. The van der Waals surface area contributed by atoms with Crippen LogP contribution >= 0.6 is 0 Å². The first kappa shape index (κ1) is 14.3. The van der Waals surface area contributed by atoms with Crippen LogP contribution in [-0.4, -0.2) is 25.3 Å². The summed E-state index contributed by atoms with van der Waals surface area (Å²) < 4.78 is 23.0. The van der Waals surface area contributed by atoms with Crippen LogP contribution in [0.2, 0.25) is 0 Å². The smallest absolute Gasteiger partial charge is 0.213 e. The van der Waals surface area contributed by atoms with E-state index in [2.05, 4.69) is 10.3 Å². The van der Waals surface area contributed by atoms with E-state index in [9.17, 15) is 4.39 Å². The Kier molecular flexibility index (Phi) is 5.32. The van der Waals surface area contributed by atoms with Crippen molar-refractivity contribution in [2.45, 2.75) is 6.54 Å². The Morgan fingerprint density at radius 2 is 1.90 bits per heavy atom. The summed E-state index contributed by atoms with van der Waals surface area (Å²) in [6.07, 6.45) is 1.70. The number of nitrogens with zero attached hydrogens (tertiary/aromatic N) is 1. The third-order valence-electron chi connectivity index (χ3n) is 2.68. The van der Waals surface area contributed by atoms with Gasteiger partial charge >= 0.3 is 0 Å². The minimum atomic E-state index is -0.229. The summed E-state index contributed by atoms with van der Waals surface area (Å²) in [5.41, 5.74) is 1.89. The molecule has 0 amide bonds. The topological polar surface area (TPSA) is 43.4 Å². The molecule has 0 bridgehead atoms. The van der Waals surface area contributed by atoms with Crippen molar-refractivity contribution in [2.75, 3.05) is 25.6 Å². The van der Waals surface area contributed by atoms with Crippen molar-refractivity contribution in [3.8, 4) is 5.88 Å². The van der Waals surface area contributed by atoms with Gasteiger partial charge in [-0.3, -0.25) is 0 Å². The second-order valence-electron chi connectivity index (χ2n) is 4.21. The van der Waals surface area contributed by atoms with Gasteiger partial charge in [-0.25, -0.2) is 9.37 Å². The molecule has 1 N–H and O–H groups in total. The second-order valence-corrected chi connectivity index (χ2v) is 4.21. The van der Waals surface area contributed by atoms with Gasteiger partial charge in [0.2, 0.25) is 5.88 Å². The molecule has 0 radical (unpaired) electrons. The number of halogens is 1. The fourth-order valence-electron chi connectivity index (χ4n) is 1.61. The van der Waals surface area contributed by atoms with Crippen LogP contribution in [0.15, 0.2) is 42.6 Å². The SMILES string of the molecule is COCCOc1ccc(NCc2ccc(F)cc2)cn1. The molecule has 20 heavy (non-hydrogen) atoms. The molecule has 0 spiro atoms. The molecule has 0 saturated carbocycles. The maximum atomic E-state index is 12.8. The predicted molar refractivity (Wildman–Crippen MR) is 75.3 cm³/mol. The molecule has 0 atom stereocenters. The number of nitrogens with one attached hydrogen (secondary N) is 1. The lowest BCUT2D eigenvalue weighted by molar-refractivity contribution is 0.144. The zero-order valence-corrected chi connectivity index (χ0v) is 11.3. The highest BCUT2D eigenvalue weighted by molar-refractivity contribution is 5.42. The minimum absolute atomic E-state index is 0.229. The van der Waals surface area contributed by atoms with E-state index in [1.54, 1.807) is 31.5 Å². The zero-order chi connectivity index (χ0) is 14.2. The predicted octanol–water partition coefficient (Wildman–Crippen LogP) is 2.86. The van der Waals surface area contributed by atoms with E-state index in [-0.39, 0.29) is 5.82 Å². The summed E-state index contributed by atoms with van der Waals surface area (Å²) in [4.78, 5) is 4.18. The lowest BCUT2D eigenvalue weighted by Gasteiger charge is -2.08. The molecule has 0 aliphatic rings. The Hall–Kier alpha value is -2.14. The van der Waals surface area contributed by atoms with Crippen LogP contribution < -0.4 is 10.1 Å². The summed E-state index contributed by atoms with van der Waals surface area (Å²) in [7, 11) is 1.62. The third kappa shape index (κ3) is 4.51. The Morgan fingerprint density at radius 3 is 2.55 bits per heavy atom. The standard InChI is InChI=1S/C15H17FN2O2/c1-19-8-9-20-15-7-6-14(11-18-15)17-10-12-2-4-13(16)5-3-12/h2-7,11,17H,8-10H2,1H3. The van der Waals surface area contributed by atoms with Gasteiger partial charge < -0.3 is 14.8 Å². The van der Waals surface area contributed by atoms with E-state index in [1.165, 1.54) is 12.1 Å². The van der Waals surface area contributed by atoms with Crippen LogP contribution in [0.3, 0.4) is 0 Å². The molecular weight excluding hydrogens is 259 g/mol. The first-order chi connectivity index (χ1) is 9.78. The Morgan fingerprint density at radius 1 is 1.10 bits per heavy atom. The molecule has 5 heteroatoms. The molecule has 2 rings (SSSR count). The molecule has 1 aromatic carbocycles. The fourth-order valence-corrected chi connectivity index (χ4v) is 1.61. The molecule has 106 valence electrons. The number of hydrogen-bond donors (Lipinski definition) is 1. The van der Waals surface area contributed by atoms with Crippen molar-refractivity contribution in [1.29, 1.82) is 0 Å². The van der Waals surface area contributed by atoms with Crippen molar-refractivity contribution in [1.82, 2.24) is 4.98 Å². The number of pyridine rings is 1. The monoisotopic (exact) mass is 276 g/mol. The van der Waals surface area contributed by atoms with E-state index in [4.69, 9.17) is 9.47 Å². The van der Waals surface area contributed by atoms with Gasteiger partial charge in [0.1, 0.15) is 12.4 Å². The number of anilines is 1. The molecule has 0 aliphatic carbocycles. The van der Waals surface area contributed by atoms with E-state index < -0.39 is 0 Å². The maximum Gasteiger partial charge on any atom is 0.213 e. The second kappa shape index (κ2) is 7.45. The molecule has 1 heterocycles. The van der Waals surface area contributed by atoms with Gasteiger partial charge in [-0.2, -0.15) is 0 Å². The van der Waals surface area contributed by atoms with Gasteiger partial charge in [0.25, 0.3) is 0 Å². The average molecular weight is 276 g/mol. The van der Waals surface area contributed by atoms with Gasteiger partial charge in [-0.1, -0.05) is 12.1 Å². The van der Waals surface area contributed by atoms with Gasteiger partial charge in [-0.05, 0) is 23.8 Å². The average Bonchev–Trinajstić information content (AvgIpc) is 2.48. The van der Waals surface area contributed by atoms with Gasteiger partial charge in [0.15, 0.2) is 0 Å². The van der Waals surface area contributed by atoms with E-state index in [0.29, 0.717) is 25.6 Å². The van der Waals surface area contributed by atoms with Gasteiger partial charge in [0.05, 0.1) is 18.5 Å². The minimum Gasteiger partial charge on any atom is -0.475 e. The van der Waals surface area contributed by atoms with Crippen molar-refractivity contribution in [2.24, 2.45) is 0 Å². The molecule has 0 fully saturated rings. The molecule has 1 aromatic heterocycles. The highest BCUT2D eigenvalue weighted by atomic mass is 19.1. The Balaban J connectivity index is 1.82. The molecule has 2 aromatic rings. The highest BCUT2D eigenvalue weighted by Gasteiger charge is 1.98. The summed E-state index contributed by atoms with van der Waals surface area (Å²) in [6, 6.07) is 10.1. The van der Waals surface area contributed by atoms with Crippen molar-refractivity contribution in [3.63, 3.8) is 0 Å². The number of methoxy groups -OCH3 is 1. The normalized spacial score (nSPS) is 10.3. The summed E-state index contributed by atoms with van der Waals surface area (Å²) >= 11 is 0. The fraction of sp³-hybridized carbons (Fsp3) is 0.267. The molecule has 0 aliphatic heterocycles. The van der Waals surface area contributed by atoms with Gasteiger partial charge in [0, 0.05) is 19.7 Å². The number of benzene rings is 1. The van der Waals surface area contributed by atoms with E-state index in [1.807, 2.05) is 6.07 Å². The number of ether oxygens (including phenoxy) is 2. The van der Waals surface area contributed by atoms with Crippen LogP contribution in [0.4, 0.5) is 10.1 Å². The molecule has 0 saturated heterocycles. The zero-order valence-electron chi connectivity index (χ0n) is 11.3. The lowest BCUT2D eigenvalue weighted by Crippen LogP contribution is -2.05. The number of aromatic nitrogens is 1. The van der Waals surface area contributed by atoms with Crippen molar-refractivity contribution in [3.05, 3.63) is 54.0 Å². The molecule has 4 nitrogen and oxygen atoms in total. The summed E-state index contributed by atoms with van der Waals surface area (Å²) in [5, 5.41) is 3.21. The van der Waals surface area contributed by atoms with E-state index in [0.717, 1.165) is 11.3 Å². The molecular formula is C15H17FN2O2. The van der Waals surface area contributed by atoms with Crippen LogP contribution in [0, 0.1) is 5.82 Å². The number of hydrogen-bond acceptors (Lipinski definition) is 4. The first-order valence-corrected chi connectivity index (χ1v) is 6.34. The maximum absolute atomic E-state index is 12.8. The first-order valence-electron chi connectivity index (χ1n) is 6.34. The summed E-state index contributed by atoms with van der Waals surface area (Å²) in [5.74, 6) is 0.336. The quantitative estimate of drug-likeness (QED) is 0.790. The van der Waals surface area contributed by atoms with Crippen LogP contribution in [0.1, 0.15) is 5.56 Å². The van der Waals surface area contributed by atoms with Gasteiger partial charge in [-0.15, -0.1) is 0 Å². The van der Waals surface area contributed by atoms with Crippen molar-refractivity contribution < 1.29 is 13.9 Å². The van der Waals surface area contributed by atoms with Crippen LogP contribution in [0.5, 0.6) is 5.88 Å². The third-order valence-corrected chi connectivity index (χ3v) is 2.68. The highest BCUT2D eigenvalue weighted by Crippen LogP contribution is 2.13. The Labute approximate surface area is 117 Å². The van der Waals surface area contributed by atoms with Crippen LogP contribution in [0.25, 0.3) is 0 Å². The lowest BCUT2D eigenvalue weighted by atomic mass is 10.2. The van der Waals surface area contributed by atoms with E-state index >= 15 is 0 Å². The summed E-state index contributed by atoms with van der Waals surface area (Å²) in [6.45, 7) is 1.63. The Bertz CT molecular complexity index is 514. The largest absolute Gasteiger partial charge is 0.475 e. The van der Waals surface area contributed by atoms with Crippen molar-refractivity contribution >= 4 is 5.69 Å². The molecule has 0 unspecified atom stereocenters. The van der Waals surface area contributed by atoms with Crippen LogP contribution in [-0.2, 0) is 11.3 Å².